The lowest BCUT2D eigenvalue weighted by molar-refractivity contribution is 0.100. The number of hydrogen-bond acceptors (Lipinski definition) is 3. The van der Waals surface area contributed by atoms with Gasteiger partial charge in [-0.2, -0.15) is 0 Å². The second kappa shape index (κ2) is 5.92. The molecule has 0 bridgehead atoms. The molecule has 1 saturated heterocycles. The van der Waals surface area contributed by atoms with Gasteiger partial charge in [0.2, 0.25) is 0 Å². The fourth-order valence-electron chi connectivity index (χ4n) is 3.28. The summed E-state index contributed by atoms with van der Waals surface area (Å²) in [5.74, 6) is 0.0934. The molecule has 5 nitrogen and oxygen atoms in total. The smallest absolute Gasteiger partial charge is 0.250 e. The Labute approximate surface area is 144 Å². The lowest BCUT2D eigenvalue weighted by Crippen LogP contribution is -2.12. The standard InChI is InChI=1S/C18H17ClN4O/c19-23-15-5-1-3-13(17(20)24)16(15)22-18(23)12-8-6-11(7-9-12)14-4-2-10-21-14/h1,3,5-9,14,21H,2,4,10H2,(H2,20,24). The molecule has 6 heteroatoms. The molecule has 3 aromatic rings. The Kier molecular flexibility index (Phi) is 3.75. The number of halogens is 1. The van der Waals surface area contributed by atoms with Gasteiger partial charge in [0.25, 0.3) is 5.91 Å². The number of aromatic nitrogens is 2. The number of benzene rings is 2. The van der Waals surface area contributed by atoms with Crippen molar-refractivity contribution in [1.29, 1.82) is 0 Å². The Morgan fingerprint density at radius 2 is 2.04 bits per heavy atom. The summed E-state index contributed by atoms with van der Waals surface area (Å²) in [7, 11) is 0. The lowest BCUT2D eigenvalue weighted by atomic mass is 10.0. The van der Waals surface area contributed by atoms with Crippen molar-refractivity contribution >= 4 is 28.7 Å². The summed E-state index contributed by atoms with van der Waals surface area (Å²) in [5.41, 5.74) is 9.17. The maximum Gasteiger partial charge on any atom is 0.250 e. The summed E-state index contributed by atoms with van der Waals surface area (Å²) >= 11 is 6.42. The highest BCUT2D eigenvalue weighted by atomic mass is 35.5. The molecule has 3 N–H and O–H groups in total. The van der Waals surface area contributed by atoms with Gasteiger partial charge in [-0.05, 0) is 37.1 Å². The number of carbonyl (C=O) groups is 1. The van der Waals surface area contributed by atoms with Crippen molar-refractivity contribution in [3.63, 3.8) is 0 Å². The van der Waals surface area contributed by atoms with Crippen molar-refractivity contribution in [2.45, 2.75) is 18.9 Å². The quantitative estimate of drug-likeness (QED) is 0.768. The van der Waals surface area contributed by atoms with Gasteiger partial charge in [0.1, 0.15) is 5.52 Å². The highest BCUT2D eigenvalue weighted by Crippen LogP contribution is 2.30. The second-order valence-corrected chi connectivity index (χ2v) is 6.36. The average Bonchev–Trinajstić information content (AvgIpc) is 3.23. The zero-order chi connectivity index (χ0) is 16.7. The molecule has 2 aromatic carbocycles. The van der Waals surface area contributed by atoms with Crippen molar-refractivity contribution in [1.82, 2.24) is 14.4 Å². The summed E-state index contributed by atoms with van der Waals surface area (Å²) in [5, 5.41) is 3.49. The maximum absolute atomic E-state index is 11.6. The van der Waals surface area contributed by atoms with E-state index in [9.17, 15) is 4.79 Å². The van der Waals surface area contributed by atoms with Crippen LogP contribution in [0.15, 0.2) is 42.5 Å². The summed E-state index contributed by atoms with van der Waals surface area (Å²) < 4.78 is 1.48. The normalized spacial score (nSPS) is 17.5. The third-order valence-electron chi connectivity index (χ3n) is 4.53. The minimum absolute atomic E-state index is 0.375. The van der Waals surface area contributed by atoms with Crippen molar-refractivity contribution in [2.24, 2.45) is 5.73 Å². The first-order chi connectivity index (χ1) is 11.6. The maximum atomic E-state index is 11.6. The monoisotopic (exact) mass is 340 g/mol. The van der Waals surface area contributed by atoms with Crippen LogP contribution in [0, 0.1) is 0 Å². The number of amides is 1. The van der Waals surface area contributed by atoms with Crippen LogP contribution in [0.2, 0.25) is 0 Å². The van der Waals surface area contributed by atoms with Crippen LogP contribution in [-0.2, 0) is 0 Å². The Bertz CT molecular complexity index is 911. The van der Waals surface area contributed by atoms with Gasteiger partial charge >= 0.3 is 0 Å². The van der Waals surface area contributed by atoms with Gasteiger partial charge < -0.3 is 11.1 Å². The van der Waals surface area contributed by atoms with Gasteiger partial charge in [0.05, 0.1) is 11.1 Å². The largest absolute Gasteiger partial charge is 0.366 e. The molecular weight excluding hydrogens is 324 g/mol. The number of rotatable bonds is 3. The first-order valence-electron chi connectivity index (χ1n) is 7.96. The van der Waals surface area contributed by atoms with Crippen LogP contribution in [0.5, 0.6) is 0 Å². The van der Waals surface area contributed by atoms with Crippen molar-refractivity contribution in [2.75, 3.05) is 6.54 Å². The molecule has 0 spiro atoms. The van der Waals surface area contributed by atoms with Crippen molar-refractivity contribution in [3.8, 4) is 11.4 Å². The fraction of sp³-hybridized carbons (Fsp3) is 0.222. The van der Waals surface area contributed by atoms with Gasteiger partial charge in [-0.25, -0.2) is 9.07 Å². The van der Waals surface area contributed by atoms with Crippen LogP contribution >= 0.6 is 11.8 Å². The number of hydrogen-bond donors (Lipinski definition) is 2. The molecule has 1 aliphatic heterocycles. The third kappa shape index (κ3) is 2.46. The van der Waals surface area contributed by atoms with E-state index < -0.39 is 5.91 Å². The zero-order valence-electron chi connectivity index (χ0n) is 13.0. The molecule has 0 aliphatic carbocycles. The molecule has 122 valence electrons. The highest BCUT2D eigenvalue weighted by molar-refractivity contribution is 6.21. The fourth-order valence-corrected chi connectivity index (χ4v) is 3.55. The summed E-state index contributed by atoms with van der Waals surface area (Å²) in [6.07, 6.45) is 2.37. The SMILES string of the molecule is NC(=O)c1cccc2c1nc(-c1ccc(C3CCCN3)cc1)n2Cl. The third-order valence-corrected chi connectivity index (χ3v) is 4.87. The van der Waals surface area contributed by atoms with E-state index in [1.165, 1.54) is 16.1 Å². The molecule has 2 heterocycles. The predicted molar refractivity (Wildman–Crippen MR) is 94.9 cm³/mol. The lowest BCUT2D eigenvalue weighted by Gasteiger charge is -2.10. The molecular formula is C18H17ClN4O. The van der Waals surface area contributed by atoms with E-state index in [4.69, 9.17) is 17.5 Å². The predicted octanol–water partition coefficient (Wildman–Crippen LogP) is 3.23. The number of nitrogens with zero attached hydrogens (tertiary/aromatic N) is 2. The minimum atomic E-state index is -0.510. The number of carbonyl (C=O) groups excluding carboxylic acids is 1. The van der Waals surface area contributed by atoms with Crippen LogP contribution in [0.3, 0.4) is 0 Å². The van der Waals surface area contributed by atoms with Crippen LogP contribution in [0.4, 0.5) is 0 Å². The van der Waals surface area contributed by atoms with E-state index in [-0.39, 0.29) is 0 Å². The molecule has 0 radical (unpaired) electrons. The number of fused-ring (bicyclic) bond motifs is 1. The van der Waals surface area contributed by atoms with Gasteiger partial charge in [0, 0.05) is 23.4 Å². The molecule has 1 aromatic heterocycles. The van der Waals surface area contributed by atoms with E-state index in [0.717, 1.165) is 18.5 Å². The first kappa shape index (κ1) is 15.2. The molecule has 1 atom stereocenters. The van der Waals surface area contributed by atoms with Gasteiger partial charge in [-0.1, -0.05) is 30.3 Å². The molecule has 24 heavy (non-hydrogen) atoms. The number of imidazole rings is 1. The Morgan fingerprint density at radius 1 is 1.25 bits per heavy atom. The van der Waals surface area contributed by atoms with E-state index >= 15 is 0 Å². The molecule has 1 unspecified atom stereocenters. The van der Waals surface area contributed by atoms with Crippen LogP contribution in [-0.4, -0.2) is 21.5 Å². The van der Waals surface area contributed by atoms with Gasteiger partial charge in [-0.3, -0.25) is 4.79 Å². The highest BCUT2D eigenvalue weighted by Gasteiger charge is 2.18. The molecule has 1 amide bonds. The van der Waals surface area contributed by atoms with E-state index in [0.29, 0.717) is 28.5 Å². The molecule has 1 aliphatic rings. The van der Waals surface area contributed by atoms with E-state index in [1.807, 2.05) is 18.2 Å². The average molecular weight is 341 g/mol. The zero-order valence-corrected chi connectivity index (χ0v) is 13.8. The van der Waals surface area contributed by atoms with Gasteiger partial charge in [-0.15, -0.1) is 0 Å². The number of primary amides is 1. The molecule has 1 fully saturated rings. The number of para-hydroxylation sites is 1. The Morgan fingerprint density at radius 3 is 2.71 bits per heavy atom. The topological polar surface area (TPSA) is 72.9 Å². The van der Waals surface area contributed by atoms with Crippen LogP contribution in [0.1, 0.15) is 34.8 Å². The number of nitrogens with one attached hydrogen (secondary N) is 1. The van der Waals surface area contributed by atoms with Crippen LogP contribution in [0.25, 0.3) is 22.4 Å². The van der Waals surface area contributed by atoms with E-state index in [2.05, 4.69) is 22.4 Å². The van der Waals surface area contributed by atoms with E-state index in [1.54, 1.807) is 12.1 Å². The minimum Gasteiger partial charge on any atom is -0.366 e. The molecule has 4 rings (SSSR count). The first-order valence-corrected chi connectivity index (χ1v) is 8.30. The number of nitrogens with two attached hydrogens (primary N) is 1. The Hall–Kier alpha value is -2.37. The summed E-state index contributed by atoms with van der Waals surface area (Å²) in [6, 6.07) is 13.9. The Balaban J connectivity index is 1.77. The second-order valence-electron chi connectivity index (χ2n) is 6.02. The summed E-state index contributed by atoms with van der Waals surface area (Å²) in [4.78, 5) is 16.1. The van der Waals surface area contributed by atoms with Gasteiger partial charge in [0.15, 0.2) is 5.82 Å². The van der Waals surface area contributed by atoms with Crippen molar-refractivity contribution in [3.05, 3.63) is 53.6 Å². The van der Waals surface area contributed by atoms with Crippen molar-refractivity contribution < 1.29 is 4.79 Å². The van der Waals surface area contributed by atoms with Crippen LogP contribution < -0.4 is 11.1 Å². The summed E-state index contributed by atoms with van der Waals surface area (Å²) in [6.45, 7) is 1.07. The molecule has 0 saturated carbocycles.